The van der Waals surface area contributed by atoms with Crippen LogP contribution in [0.2, 0.25) is 0 Å². The van der Waals surface area contributed by atoms with E-state index in [2.05, 4.69) is 0 Å². The number of fused-ring (bicyclic) bond motifs is 1. The van der Waals surface area contributed by atoms with Gasteiger partial charge >= 0.3 is 0 Å². The molecule has 1 fully saturated rings. The molecule has 136 valence electrons. The molecule has 0 aliphatic carbocycles. The van der Waals surface area contributed by atoms with Crippen molar-refractivity contribution in [2.24, 2.45) is 7.05 Å². The third-order valence-corrected chi connectivity index (χ3v) is 6.96. The van der Waals surface area contributed by atoms with E-state index >= 15 is 0 Å². The first-order valence-corrected chi connectivity index (χ1v) is 9.87. The summed E-state index contributed by atoms with van der Waals surface area (Å²) in [6, 6.07) is 14.3. The van der Waals surface area contributed by atoms with Gasteiger partial charge in [0.05, 0.1) is 10.9 Å². The van der Waals surface area contributed by atoms with Gasteiger partial charge in [-0.1, -0.05) is 6.07 Å². The number of aromatic nitrogens is 1. The fraction of sp³-hybridized carbons (Fsp3) is 0.263. The zero-order valence-electron chi connectivity index (χ0n) is 14.7. The van der Waals surface area contributed by atoms with E-state index in [1.54, 1.807) is 24.3 Å². The number of hydrogen-bond donors (Lipinski definition) is 1. The maximum atomic E-state index is 12.9. The summed E-state index contributed by atoms with van der Waals surface area (Å²) in [7, 11) is 0.359. The van der Waals surface area contributed by atoms with Crippen LogP contribution in [0.25, 0.3) is 10.9 Å². The number of benzene rings is 2. The van der Waals surface area contributed by atoms with E-state index in [-0.39, 0.29) is 11.8 Å². The molecule has 2 aromatic carbocycles. The predicted octanol–water partition coefficient (Wildman–Crippen LogP) is 2.39. The maximum absolute atomic E-state index is 12.9. The fourth-order valence-corrected chi connectivity index (χ4v) is 4.84. The van der Waals surface area contributed by atoms with E-state index in [1.165, 1.54) is 4.31 Å². The van der Waals surface area contributed by atoms with E-state index in [9.17, 15) is 13.5 Å². The third-order valence-electron chi connectivity index (χ3n) is 5.13. The van der Waals surface area contributed by atoms with Crippen LogP contribution in [0.4, 0.5) is 5.69 Å². The molecule has 1 aromatic heterocycles. The Morgan fingerprint density at radius 1 is 1.08 bits per heavy atom. The number of likely N-dealkylation sites (N-methyl/N-ethyl adjacent to an activating group) is 1. The van der Waals surface area contributed by atoms with Crippen LogP contribution >= 0.6 is 0 Å². The SMILES string of the molecule is CN(c1ccc(O)cc1)C1CN(S(=O)(=O)c2ccc3ccn(C)c3c2)C1. The van der Waals surface area contributed by atoms with Crippen LogP contribution in [0.15, 0.2) is 59.6 Å². The summed E-state index contributed by atoms with van der Waals surface area (Å²) in [6.07, 6.45) is 1.92. The molecule has 0 amide bonds. The van der Waals surface area contributed by atoms with Gasteiger partial charge in [-0.2, -0.15) is 4.31 Å². The standard InChI is InChI=1S/C19H21N3O3S/c1-20-10-9-14-3-8-18(11-19(14)20)26(24,25)22-12-16(13-22)21(2)15-4-6-17(23)7-5-15/h3-11,16,23H,12-13H2,1-2H3. The normalized spacial score (nSPS) is 15.9. The molecule has 1 aliphatic rings. The molecule has 26 heavy (non-hydrogen) atoms. The fourth-order valence-electron chi connectivity index (χ4n) is 3.31. The molecule has 1 aliphatic heterocycles. The van der Waals surface area contributed by atoms with Crippen LogP contribution in [0.1, 0.15) is 0 Å². The largest absolute Gasteiger partial charge is 0.508 e. The molecule has 0 saturated carbocycles. The second-order valence-corrected chi connectivity index (χ2v) is 8.69. The highest BCUT2D eigenvalue weighted by atomic mass is 32.2. The molecular weight excluding hydrogens is 350 g/mol. The van der Waals surface area contributed by atoms with Gasteiger partial charge in [0.15, 0.2) is 0 Å². The van der Waals surface area contributed by atoms with Gasteiger partial charge < -0.3 is 14.6 Å². The zero-order valence-corrected chi connectivity index (χ0v) is 15.5. The van der Waals surface area contributed by atoms with Gasteiger partial charge in [-0.25, -0.2) is 8.42 Å². The molecule has 0 radical (unpaired) electrons. The lowest BCUT2D eigenvalue weighted by Crippen LogP contribution is -2.60. The second kappa shape index (κ2) is 6.03. The molecule has 2 heterocycles. The molecule has 1 saturated heterocycles. The molecule has 0 spiro atoms. The molecule has 0 unspecified atom stereocenters. The molecule has 0 atom stereocenters. The van der Waals surface area contributed by atoms with Gasteiger partial charge in [-0.3, -0.25) is 0 Å². The van der Waals surface area contributed by atoms with Crippen molar-refractivity contribution in [3.05, 3.63) is 54.7 Å². The molecule has 1 N–H and O–H groups in total. The Balaban J connectivity index is 1.51. The van der Waals surface area contributed by atoms with E-state index in [1.807, 2.05) is 54.0 Å². The van der Waals surface area contributed by atoms with Gasteiger partial charge in [0, 0.05) is 44.6 Å². The molecule has 3 aromatic rings. The minimum Gasteiger partial charge on any atom is -0.508 e. The lowest BCUT2D eigenvalue weighted by molar-refractivity contribution is 0.259. The Morgan fingerprint density at radius 3 is 2.46 bits per heavy atom. The first-order chi connectivity index (χ1) is 12.4. The number of phenols is 1. The van der Waals surface area contributed by atoms with Gasteiger partial charge in [0.2, 0.25) is 10.0 Å². The van der Waals surface area contributed by atoms with Gasteiger partial charge in [0.25, 0.3) is 0 Å². The van der Waals surface area contributed by atoms with E-state index in [4.69, 9.17) is 0 Å². The Kier molecular flexibility index (Phi) is 3.93. The average molecular weight is 371 g/mol. The van der Waals surface area contributed by atoms with Crippen molar-refractivity contribution >= 4 is 26.6 Å². The van der Waals surface area contributed by atoms with Gasteiger partial charge in [-0.15, -0.1) is 0 Å². The monoisotopic (exact) mass is 371 g/mol. The third kappa shape index (κ3) is 2.73. The summed E-state index contributed by atoms with van der Waals surface area (Å²) >= 11 is 0. The van der Waals surface area contributed by atoms with Gasteiger partial charge in [-0.05, 0) is 47.9 Å². The topological polar surface area (TPSA) is 65.8 Å². The van der Waals surface area contributed by atoms with Gasteiger partial charge in [0.1, 0.15) is 5.75 Å². The highest BCUT2D eigenvalue weighted by molar-refractivity contribution is 7.89. The summed E-state index contributed by atoms with van der Waals surface area (Å²) in [4.78, 5) is 2.38. The molecular formula is C19H21N3O3S. The summed E-state index contributed by atoms with van der Waals surface area (Å²) in [6.45, 7) is 0.899. The lowest BCUT2D eigenvalue weighted by Gasteiger charge is -2.43. The smallest absolute Gasteiger partial charge is 0.243 e. The highest BCUT2D eigenvalue weighted by Gasteiger charge is 2.39. The van der Waals surface area contributed by atoms with Crippen LogP contribution in [0, 0.1) is 0 Å². The quantitative estimate of drug-likeness (QED) is 0.765. The molecule has 4 rings (SSSR count). The predicted molar refractivity (Wildman–Crippen MR) is 102 cm³/mol. The Hall–Kier alpha value is -2.51. The summed E-state index contributed by atoms with van der Waals surface area (Å²) < 4.78 is 29.2. The van der Waals surface area contributed by atoms with E-state index in [0.717, 1.165) is 16.6 Å². The first-order valence-electron chi connectivity index (χ1n) is 8.43. The van der Waals surface area contributed by atoms with E-state index < -0.39 is 10.0 Å². The summed E-state index contributed by atoms with van der Waals surface area (Å²) in [5.41, 5.74) is 1.86. The number of rotatable bonds is 4. The second-order valence-electron chi connectivity index (χ2n) is 6.75. The number of aromatic hydroxyl groups is 1. The van der Waals surface area contributed by atoms with Crippen LogP contribution in [-0.2, 0) is 17.1 Å². The summed E-state index contributed by atoms with van der Waals surface area (Å²) in [5, 5.41) is 10.4. The number of phenolic OH excluding ortho intramolecular Hbond substituents is 1. The molecule has 7 heteroatoms. The number of anilines is 1. The Morgan fingerprint density at radius 2 is 1.77 bits per heavy atom. The van der Waals surface area contributed by atoms with Crippen molar-refractivity contribution in [3.63, 3.8) is 0 Å². The van der Waals surface area contributed by atoms with Crippen molar-refractivity contribution in [1.82, 2.24) is 8.87 Å². The van der Waals surface area contributed by atoms with Crippen LogP contribution in [0.3, 0.4) is 0 Å². The Labute approximate surface area is 152 Å². The summed E-state index contributed by atoms with van der Waals surface area (Å²) in [5.74, 6) is 0.219. The average Bonchev–Trinajstić information content (AvgIpc) is 2.94. The molecule has 0 bridgehead atoms. The molecule has 6 nitrogen and oxygen atoms in total. The highest BCUT2D eigenvalue weighted by Crippen LogP contribution is 2.29. The number of hydrogen-bond acceptors (Lipinski definition) is 4. The maximum Gasteiger partial charge on any atom is 0.243 e. The van der Waals surface area contributed by atoms with Crippen LogP contribution in [0.5, 0.6) is 5.75 Å². The number of sulfonamides is 1. The van der Waals surface area contributed by atoms with Crippen molar-refractivity contribution in [1.29, 1.82) is 0 Å². The van der Waals surface area contributed by atoms with Crippen molar-refractivity contribution in [2.75, 3.05) is 25.0 Å². The minimum absolute atomic E-state index is 0.119. The Bertz CT molecular complexity index is 1050. The van der Waals surface area contributed by atoms with Crippen LogP contribution < -0.4 is 4.90 Å². The van der Waals surface area contributed by atoms with Crippen molar-refractivity contribution in [2.45, 2.75) is 10.9 Å². The minimum atomic E-state index is -3.49. The van der Waals surface area contributed by atoms with Crippen molar-refractivity contribution in [3.8, 4) is 5.75 Å². The lowest BCUT2D eigenvalue weighted by atomic mass is 10.1. The number of nitrogens with zero attached hydrogens (tertiary/aromatic N) is 3. The first kappa shape index (κ1) is 16.9. The zero-order chi connectivity index (χ0) is 18.5. The van der Waals surface area contributed by atoms with E-state index in [0.29, 0.717) is 18.0 Å². The van der Waals surface area contributed by atoms with Crippen molar-refractivity contribution < 1.29 is 13.5 Å². The van der Waals surface area contributed by atoms with Crippen LogP contribution in [-0.4, -0.2) is 48.6 Å². The number of aryl methyl sites for hydroxylation is 1.